The van der Waals surface area contributed by atoms with E-state index in [1.165, 1.54) is 105 Å². The van der Waals surface area contributed by atoms with Crippen LogP contribution in [0.2, 0.25) is 0 Å². The van der Waals surface area contributed by atoms with E-state index in [1.54, 1.807) is 0 Å². The Morgan fingerprint density at radius 3 is 1.52 bits per heavy atom. The lowest BCUT2D eigenvalue weighted by atomic mass is 9.87. The molecule has 0 amide bonds. The molecule has 0 radical (unpaired) electrons. The van der Waals surface area contributed by atoms with E-state index in [4.69, 9.17) is 15.2 Å². The molecule has 3 aromatic carbocycles. The van der Waals surface area contributed by atoms with E-state index in [2.05, 4.69) is 89.5 Å². The summed E-state index contributed by atoms with van der Waals surface area (Å²) in [6, 6.07) is 26.0. The quantitative estimate of drug-likeness (QED) is 0.203. The van der Waals surface area contributed by atoms with E-state index in [0.717, 1.165) is 49.8 Å². The molecule has 44 heavy (non-hydrogen) atoms. The van der Waals surface area contributed by atoms with Gasteiger partial charge in [0, 0.05) is 19.6 Å². The van der Waals surface area contributed by atoms with Gasteiger partial charge in [0.2, 0.25) is 0 Å². The van der Waals surface area contributed by atoms with Gasteiger partial charge in [-0.05, 0) is 116 Å². The van der Waals surface area contributed by atoms with E-state index in [1.807, 2.05) is 0 Å². The summed E-state index contributed by atoms with van der Waals surface area (Å²) in [5, 5.41) is 0. The Labute approximate surface area is 266 Å². The van der Waals surface area contributed by atoms with Crippen LogP contribution in [0.15, 0.2) is 72.8 Å². The minimum atomic E-state index is 0.535. The molecule has 0 bridgehead atoms. The van der Waals surface area contributed by atoms with Gasteiger partial charge in [0.05, 0.1) is 0 Å². The van der Waals surface area contributed by atoms with Crippen LogP contribution in [0.4, 0.5) is 0 Å². The second-order valence-corrected chi connectivity index (χ2v) is 12.4. The van der Waals surface area contributed by atoms with Gasteiger partial charge >= 0.3 is 0 Å². The average molecular weight is 596 g/mol. The van der Waals surface area contributed by atoms with Gasteiger partial charge in [-0.2, -0.15) is 0 Å². The number of hydrogen-bond acceptors (Lipinski definition) is 5. The van der Waals surface area contributed by atoms with Crippen LogP contribution < -0.4 is 15.2 Å². The van der Waals surface area contributed by atoms with Crippen molar-refractivity contribution in [3.05, 3.63) is 95.1 Å². The highest BCUT2D eigenvalue weighted by Crippen LogP contribution is 2.36. The van der Waals surface area contributed by atoms with Gasteiger partial charge in [0.25, 0.3) is 0 Å². The number of rotatable bonds is 13. The summed E-state index contributed by atoms with van der Waals surface area (Å²) in [7, 11) is 0. The Bertz CT molecular complexity index is 1210. The number of likely N-dealkylation sites (tertiary alicyclic amines) is 2. The number of benzene rings is 3. The molecule has 5 heteroatoms. The highest BCUT2D eigenvalue weighted by Gasteiger charge is 2.15. The molecule has 0 aliphatic carbocycles. The zero-order chi connectivity index (χ0) is 30.4. The summed E-state index contributed by atoms with van der Waals surface area (Å²) in [6.45, 7) is 11.0. The first-order valence-electron chi connectivity index (χ1n) is 17.2. The monoisotopic (exact) mass is 595 g/mol. The predicted molar refractivity (Wildman–Crippen MR) is 184 cm³/mol. The SMILES string of the molecule is CCC(=C(c1ccc(OCCN2CCCCCC2)cc1)c1ccc(OCCN2CCCCCC2)cc1)c1cccc(CN)c1. The van der Waals surface area contributed by atoms with Crippen molar-refractivity contribution in [2.45, 2.75) is 71.3 Å². The number of nitrogens with two attached hydrogens (primary N) is 1. The molecule has 2 aliphatic heterocycles. The molecule has 5 rings (SSSR count). The molecule has 0 spiro atoms. The van der Waals surface area contributed by atoms with E-state index in [9.17, 15) is 0 Å². The number of nitrogens with zero attached hydrogens (tertiary/aromatic N) is 2. The molecule has 2 saturated heterocycles. The summed E-state index contributed by atoms with van der Waals surface area (Å²) >= 11 is 0. The normalized spacial score (nSPS) is 16.6. The van der Waals surface area contributed by atoms with Gasteiger partial charge in [-0.15, -0.1) is 0 Å². The van der Waals surface area contributed by atoms with Crippen LogP contribution in [0.1, 0.15) is 87.0 Å². The van der Waals surface area contributed by atoms with Crippen LogP contribution in [0.5, 0.6) is 11.5 Å². The molecule has 0 atom stereocenters. The summed E-state index contributed by atoms with van der Waals surface area (Å²) in [5.41, 5.74) is 13.3. The van der Waals surface area contributed by atoms with Crippen LogP contribution in [0.3, 0.4) is 0 Å². The predicted octanol–water partition coefficient (Wildman–Crippen LogP) is 8.02. The largest absolute Gasteiger partial charge is 0.492 e. The first-order chi connectivity index (χ1) is 21.7. The molecule has 2 fully saturated rings. The summed E-state index contributed by atoms with van der Waals surface area (Å²) < 4.78 is 12.4. The molecule has 3 aromatic rings. The Kier molecular flexibility index (Phi) is 12.8. The molecular formula is C39H53N3O2. The van der Waals surface area contributed by atoms with Crippen molar-refractivity contribution < 1.29 is 9.47 Å². The third-order valence-electron chi connectivity index (χ3n) is 9.20. The summed E-state index contributed by atoms with van der Waals surface area (Å²) in [4.78, 5) is 5.10. The maximum Gasteiger partial charge on any atom is 0.119 e. The van der Waals surface area contributed by atoms with Crippen LogP contribution >= 0.6 is 0 Å². The van der Waals surface area contributed by atoms with Gasteiger partial charge < -0.3 is 15.2 Å². The average Bonchev–Trinajstić information content (AvgIpc) is 3.50. The van der Waals surface area contributed by atoms with Crippen molar-refractivity contribution in [1.82, 2.24) is 9.80 Å². The fraction of sp³-hybridized carbons (Fsp3) is 0.487. The van der Waals surface area contributed by atoms with Crippen molar-refractivity contribution in [2.75, 3.05) is 52.5 Å². The van der Waals surface area contributed by atoms with E-state index in [0.29, 0.717) is 6.54 Å². The molecule has 0 saturated carbocycles. The maximum atomic E-state index is 6.20. The number of hydrogen-bond donors (Lipinski definition) is 1. The van der Waals surface area contributed by atoms with Crippen LogP contribution in [0.25, 0.3) is 11.1 Å². The fourth-order valence-corrected chi connectivity index (χ4v) is 6.67. The topological polar surface area (TPSA) is 51.0 Å². The van der Waals surface area contributed by atoms with Crippen molar-refractivity contribution in [1.29, 1.82) is 0 Å². The van der Waals surface area contributed by atoms with Gasteiger partial charge in [-0.1, -0.05) is 81.1 Å². The second-order valence-electron chi connectivity index (χ2n) is 12.4. The van der Waals surface area contributed by atoms with Gasteiger partial charge in [-0.25, -0.2) is 0 Å². The van der Waals surface area contributed by atoms with Crippen molar-refractivity contribution in [3.8, 4) is 11.5 Å². The van der Waals surface area contributed by atoms with Crippen molar-refractivity contribution >= 4 is 11.1 Å². The highest BCUT2D eigenvalue weighted by molar-refractivity contribution is 5.98. The zero-order valence-electron chi connectivity index (χ0n) is 26.9. The maximum absolute atomic E-state index is 6.20. The minimum Gasteiger partial charge on any atom is -0.492 e. The van der Waals surface area contributed by atoms with Crippen LogP contribution in [-0.2, 0) is 6.54 Å². The van der Waals surface area contributed by atoms with Crippen molar-refractivity contribution in [2.24, 2.45) is 5.73 Å². The van der Waals surface area contributed by atoms with Crippen molar-refractivity contribution in [3.63, 3.8) is 0 Å². The highest BCUT2D eigenvalue weighted by atomic mass is 16.5. The minimum absolute atomic E-state index is 0.535. The third-order valence-corrected chi connectivity index (χ3v) is 9.20. The molecule has 0 aromatic heterocycles. The first kappa shape index (κ1) is 32.3. The summed E-state index contributed by atoms with van der Waals surface area (Å²) in [6.07, 6.45) is 11.6. The lowest BCUT2D eigenvalue weighted by Gasteiger charge is -2.20. The van der Waals surface area contributed by atoms with Crippen LogP contribution in [0, 0.1) is 0 Å². The lowest BCUT2D eigenvalue weighted by Crippen LogP contribution is -2.29. The standard InChI is InChI=1S/C39H53N3O2/c1-2-38(35-13-11-12-32(30-35)31-40)39(33-14-18-36(19-15-33)43-28-26-41-22-7-3-4-8-23-41)34-16-20-37(21-17-34)44-29-27-42-24-9-5-6-10-25-42/h11-21,30H,2-10,22-29,31,40H2,1H3. The fourth-order valence-electron chi connectivity index (χ4n) is 6.67. The summed E-state index contributed by atoms with van der Waals surface area (Å²) in [5.74, 6) is 1.86. The van der Waals surface area contributed by atoms with E-state index >= 15 is 0 Å². The number of allylic oxidation sites excluding steroid dienone is 1. The van der Waals surface area contributed by atoms with Gasteiger partial charge in [0.15, 0.2) is 0 Å². The Balaban J connectivity index is 1.33. The van der Waals surface area contributed by atoms with Gasteiger partial charge in [0.1, 0.15) is 24.7 Å². The first-order valence-corrected chi connectivity index (χ1v) is 17.2. The van der Waals surface area contributed by atoms with Gasteiger partial charge in [-0.3, -0.25) is 9.80 Å². The second kappa shape index (κ2) is 17.4. The Morgan fingerprint density at radius 1 is 0.614 bits per heavy atom. The molecule has 5 nitrogen and oxygen atoms in total. The molecule has 2 N–H and O–H groups in total. The Morgan fingerprint density at radius 2 is 1.09 bits per heavy atom. The molecule has 2 heterocycles. The lowest BCUT2D eigenvalue weighted by molar-refractivity contribution is 0.214. The zero-order valence-corrected chi connectivity index (χ0v) is 26.9. The molecule has 236 valence electrons. The molecule has 0 unspecified atom stereocenters. The number of ether oxygens (including phenoxy) is 2. The smallest absolute Gasteiger partial charge is 0.119 e. The molecule has 2 aliphatic rings. The van der Waals surface area contributed by atoms with E-state index < -0.39 is 0 Å². The third kappa shape index (κ3) is 9.44. The van der Waals surface area contributed by atoms with Crippen LogP contribution in [-0.4, -0.2) is 62.3 Å². The molecular weight excluding hydrogens is 542 g/mol. The Hall–Kier alpha value is -3.12. The van der Waals surface area contributed by atoms with E-state index in [-0.39, 0.29) is 0 Å².